The summed E-state index contributed by atoms with van der Waals surface area (Å²) in [6, 6.07) is 7.61. The molecule has 142 valence electrons. The van der Waals surface area contributed by atoms with Crippen molar-refractivity contribution in [2.24, 2.45) is 0 Å². The zero-order valence-corrected chi connectivity index (χ0v) is 17.1. The van der Waals surface area contributed by atoms with Crippen molar-refractivity contribution in [3.05, 3.63) is 46.2 Å². The number of nitrogens with zero attached hydrogens (tertiary/aromatic N) is 3. The maximum absolute atomic E-state index is 13.0. The number of rotatable bonds is 8. The third kappa shape index (κ3) is 4.65. The molecule has 0 fully saturated rings. The lowest BCUT2D eigenvalue weighted by molar-refractivity contribution is 0.0948. The van der Waals surface area contributed by atoms with Crippen LogP contribution in [-0.2, 0) is 6.42 Å². The molecule has 5 nitrogen and oxygen atoms in total. The highest BCUT2D eigenvalue weighted by molar-refractivity contribution is 6.32. The molecule has 1 aromatic carbocycles. The van der Waals surface area contributed by atoms with Crippen LogP contribution in [-0.4, -0.2) is 47.8 Å². The Bertz CT molecular complexity index is 752. The molecule has 0 unspecified atom stereocenters. The van der Waals surface area contributed by atoms with Gasteiger partial charge in [0.15, 0.2) is 0 Å². The molecular formula is C20H29ClN4O. The smallest absolute Gasteiger partial charge is 0.255 e. The molecule has 6 heteroatoms. The van der Waals surface area contributed by atoms with Gasteiger partial charge in [-0.2, -0.15) is 5.10 Å². The number of amides is 1. The molecule has 0 bridgehead atoms. The number of aromatic nitrogens is 2. The molecular weight excluding hydrogens is 348 g/mol. The molecule has 26 heavy (non-hydrogen) atoms. The lowest BCUT2D eigenvalue weighted by Gasteiger charge is -2.15. The number of hydrogen-bond acceptors (Lipinski definition) is 3. The third-order valence-electron chi connectivity index (χ3n) is 4.18. The molecule has 2 aromatic rings. The number of likely N-dealkylation sites (N-methyl/N-ethyl adjacent to an activating group) is 1. The highest BCUT2D eigenvalue weighted by Crippen LogP contribution is 2.29. The summed E-state index contributed by atoms with van der Waals surface area (Å²) in [4.78, 5) is 15.0. The van der Waals surface area contributed by atoms with Crippen molar-refractivity contribution in [2.75, 3.05) is 27.2 Å². The first kappa shape index (κ1) is 20.5. The molecule has 1 aromatic heterocycles. The fraction of sp³-hybridized carbons (Fsp3) is 0.500. The summed E-state index contributed by atoms with van der Waals surface area (Å²) in [5.74, 6) is 0.0799. The van der Waals surface area contributed by atoms with Crippen molar-refractivity contribution in [2.45, 2.75) is 39.5 Å². The first-order valence-electron chi connectivity index (χ1n) is 9.16. The van der Waals surface area contributed by atoms with Gasteiger partial charge in [0.25, 0.3) is 5.91 Å². The van der Waals surface area contributed by atoms with E-state index in [0.717, 1.165) is 36.5 Å². The molecule has 0 aliphatic rings. The van der Waals surface area contributed by atoms with E-state index in [4.69, 9.17) is 16.7 Å². The zero-order chi connectivity index (χ0) is 19.3. The van der Waals surface area contributed by atoms with Crippen LogP contribution < -0.4 is 5.32 Å². The van der Waals surface area contributed by atoms with Gasteiger partial charge in [0.2, 0.25) is 0 Å². The number of para-hydroxylation sites is 1. The molecule has 0 saturated heterocycles. The number of halogens is 1. The summed E-state index contributed by atoms with van der Waals surface area (Å²) in [6.45, 7) is 7.65. The minimum atomic E-state index is -0.0581. The fourth-order valence-electron chi connectivity index (χ4n) is 2.96. The summed E-state index contributed by atoms with van der Waals surface area (Å²) >= 11 is 6.41. The number of carbonyl (C=O) groups is 1. The second-order valence-electron chi connectivity index (χ2n) is 7.03. The van der Waals surface area contributed by atoms with E-state index in [2.05, 4.69) is 26.1 Å². The molecule has 0 spiro atoms. The van der Waals surface area contributed by atoms with Crippen LogP contribution in [0.2, 0.25) is 5.02 Å². The van der Waals surface area contributed by atoms with Gasteiger partial charge in [0.1, 0.15) is 0 Å². The summed E-state index contributed by atoms with van der Waals surface area (Å²) in [6.07, 6.45) is 1.68. The molecule has 0 radical (unpaired) electrons. The number of hydrogen-bond donors (Lipinski definition) is 1. The minimum Gasteiger partial charge on any atom is -0.351 e. The molecule has 1 heterocycles. The van der Waals surface area contributed by atoms with Crippen LogP contribution in [0.3, 0.4) is 0 Å². The lowest BCUT2D eigenvalue weighted by Crippen LogP contribution is -2.32. The van der Waals surface area contributed by atoms with Gasteiger partial charge < -0.3 is 10.2 Å². The van der Waals surface area contributed by atoms with Gasteiger partial charge in [-0.3, -0.25) is 4.79 Å². The van der Waals surface area contributed by atoms with E-state index >= 15 is 0 Å². The van der Waals surface area contributed by atoms with E-state index in [1.165, 1.54) is 0 Å². The van der Waals surface area contributed by atoms with E-state index in [-0.39, 0.29) is 11.8 Å². The normalized spacial score (nSPS) is 11.4. The highest BCUT2D eigenvalue weighted by atomic mass is 35.5. The maximum atomic E-state index is 13.0. The summed E-state index contributed by atoms with van der Waals surface area (Å²) in [7, 11) is 3.98. The van der Waals surface area contributed by atoms with Crippen LogP contribution in [0.1, 0.15) is 54.9 Å². The molecule has 0 aliphatic carbocycles. The average molecular weight is 377 g/mol. The number of aryl methyl sites for hydroxylation is 1. The summed E-state index contributed by atoms with van der Waals surface area (Å²) < 4.78 is 1.85. The van der Waals surface area contributed by atoms with Gasteiger partial charge in [0.05, 0.1) is 27.7 Å². The van der Waals surface area contributed by atoms with Gasteiger partial charge in [-0.15, -0.1) is 0 Å². The highest BCUT2D eigenvalue weighted by Gasteiger charge is 2.26. The molecule has 2 rings (SSSR count). The third-order valence-corrected chi connectivity index (χ3v) is 4.50. The Kier molecular flexibility index (Phi) is 7.23. The van der Waals surface area contributed by atoms with E-state index < -0.39 is 0 Å². The van der Waals surface area contributed by atoms with Gasteiger partial charge in [-0.1, -0.05) is 50.9 Å². The van der Waals surface area contributed by atoms with Crippen LogP contribution >= 0.6 is 11.6 Å². The summed E-state index contributed by atoms with van der Waals surface area (Å²) in [5, 5.41) is 8.44. The maximum Gasteiger partial charge on any atom is 0.255 e. The standard InChI is InChI=1S/C20H29ClN4O/c1-6-9-16-18(20(26)22-12-13-24(4)5)19(14(2)3)25(23-16)17-11-8-7-10-15(17)21/h7-8,10-11,14H,6,9,12-13H2,1-5H3,(H,22,26). The first-order valence-corrected chi connectivity index (χ1v) is 9.54. The van der Waals surface area contributed by atoms with Gasteiger partial charge in [-0.25, -0.2) is 4.68 Å². The minimum absolute atomic E-state index is 0.0581. The predicted octanol–water partition coefficient (Wildman–Crippen LogP) is 3.89. The predicted molar refractivity (Wildman–Crippen MR) is 108 cm³/mol. The average Bonchev–Trinajstić information content (AvgIpc) is 2.94. The lowest BCUT2D eigenvalue weighted by atomic mass is 10.0. The monoisotopic (exact) mass is 376 g/mol. The molecule has 0 saturated carbocycles. The first-order chi connectivity index (χ1) is 12.4. The summed E-state index contributed by atoms with van der Waals surface area (Å²) in [5.41, 5.74) is 3.24. The van der Waals surface area contributed by atoms with Crippen LogP contribution in [0.4, 0.5) is 0 Å². The topological polar surface area (TPSA) is 50.2 Å². The molecule has 0 atom stereocenters. The van der Waals surface area contributed by atoms with Gasteiger partial charge >= 0.3 is 0 Å². The number of benzene rings is 1. The van der Waals surface area contributed by atoms with Crippen molar-refractivity contribution in [1.29, 1.82) is 0 Å². The van der Waals surface area contributed by atoms with Crippen LogP contribution in [0, 0.1) is 0 Å². The van der Waals surface area contributed by atoms with E-state index in [1.54, 1.807) is 0 Å². The van der Waals surface area contributed by atoms with Crippen LogP contribution in [0.15, 0.2) is 24.3 Å². The van der Waals surface area contributed by atoms with Crippen molar-refractivity contribution in [1.82, 2.24) is 20.0 Å². The number of carbonyl (C=O) groups excluding carboxylic acids is 1. The Labute approximate surface area is 161 Å². The number of nitrogens with one attached hydrogen (secondary N) is 1. The quantitative estimate of drug-likeness (QED) is 0.760. The van der Waals surface area contributed by atoms with E-state index in [0.29, 0.717) is 17.1 Å². The van der Waals surface area contributed by atoms with Gasteiger partial charge in [-0.05, 0) is 38.6 Å². The second-order valence-corrected chi connectivity index (χ2v) is 7.44. The second kappa shape index (κ2) is 9.19. The van der Waals surface area contributed by atoms with Gasteiger partial charge in [0, 0.05) is 13.1 Å². The van der Waals surface area contributed by atoms with Crippen molar-refractivity contribution >= 4 is 17.5 Å². The SMILES string of the molecule is CCCc1nn(-c2ccccc2Cl)c(C(C)C)c1C(=O)NCCN(C)C. The van der Waals surface area contributed by atoms with E-state index in [1.807, 2.05) is 47.9 Å². The largest absolute Gasteiger partial charge is 0.351 e. The Morgan fingerprint density at radius 1 is 1.31 bits per heavy atom. The zero-order valence-electron chi connectivity index (χ0n) is 16.3. The Morgan fingerprint density at radius 2 is 2.00 bits per heavy atom. The van der Waals surface area contributed by atoms with Crippen molar-refractivity contribution in [3.63, 3.8) is 0 Å². The Balaban J connectivity index is 2.51. The van der Waals surface area contributed by atoms with Crippen molar-refractivity contribution < 1.29 is 4.79 Å². The fourth-order valence-corrected chi connectivity index (χ4v) is 3.18. The van der Waals surface area contributed by atoms with Crippen LogP contribution in [0.25, 0.3) is 5.69 Å². The van der Waals surface area contributed by atoms with Crippen molar-refractivity contribution in [3.8, 4) is 5.69 Å². The van der Waals surface area contributed by atoms with Crippen LogP contribution in [0.5, 0.6) is 0 Å². The molecule has 1 N–H and O–H groups in total. The Morgan fingerprint density at radius 3 is 2.58 bits per heavy atom. The molecule has 0 aliphatic heterocycles. The molecule has 1 amide bonds. The Hall–Kier alpha value is -1.85. The van der Waals surface area contributed by atoms with E-state index in [9.17, 15) is 4.79 Å².